The second kappa shape index (κ2) is 6.26. The van der Waals surface area contributed by atoms with Crippen LogP contribution in [0.3, 0.4) is 0 Å². The number of rotatable bonds is 5. The maximum Gasteiger partial charge on any atom is 0.253 e. The number of methoxy groups -OCH3 is 1. The van der Waals surface area contributed by atoms with Crippen molar-refractivity contribution >= 4 is 17.3 Å². The Labute approximate surface area is 108 Å². The molecule has 1 amide bonds. The van der Waals surface area contributed by atoms with E-state index in [0.717, 1.165) is 12.2 Å². The second-order valence-corrected chi connectivity index (χ2v) is 4.39. The summed E-state index contributed by atoms with van der Waals surface area (Å²) >= 11 is 0. The van der Waals surface area contributed by atoms with E-state index in [1.54, 1.807) is 33.3 Å². The van der Waals surface area contributed by atoms with Crippen LogP contribution in [0, 0.1) is 0 Å². The number of carbonyl (C=O) groups excluding carboxylic acids is 1. The molecule has 2 N–H and O–H groups in total. The molecular weight excluding hydrogens is 230 g/mol. The van der Waals surface area contributed by atoms with Gasteiger partial charge in [-0.05, 0) is 18.2 Å². The maximum atomic E-state index is 11.8. The highest BCUT2D eigenvalue weighted by Crippen LogP contribution is 2.23. The SMILES string of the molecule is COCCN(C)c1ccc(C(=O)N(C)C)cc1N. The first-order valence-corrected chi connectivity index (χ1v) is 5.78. The highest BCUT2D eigenvalue weighted by Gasteiger charge is 2.11. The van der Waals surface area contributed by atoms with Gasteiger partial charge < -0.3 is 20.3 Å². The van der Waals surface area contributed by atoms with Crippen LogP contribution in [0.5, 0.6) is 0 Å². The summed E-state index contributed by atoms with van der Waals surface area (Å²) in [5.74, 6) is -0.0483. The van der Waals surface area contributed by atoms with E-state index in [1.165, 1.54) is 4.90 Å². The standard InChI is InChI=1S/C13H21N3O2/c1-15(2)13(17)10-5-6-12(11(14)9-10)16(3)7-8-18-4/h5-6,9H,7-8,14H2,1-4H3. The first-order chi connectivity index (χ1) is 8.47. The molecule has 18 heavy (non-hydrogen) atoms. The zero-order chi connectivity index (χ0) is 13.7. The van der Waals surface area contributed by atoms with Gasteiger partial charge in [0, 0.05) is 40.4 Å². The van der Waals surface area contributed by atoms with Crippen molar-refractivity contribution in [1.29, 1.82) is 0 Å². The first-order valence-electron chi connectivity index (χ1n) is 5.78. The average molecular weight is 251 g/mol. The van der Waals surface area contributed by atoms with E-state index in [2.05, 4.69) is 0 Å². The lowest BCUT2D eigenvalue weighted by atomic mass is 10.1. The van der Waals surface area contributed by atoms with E-state index < -0.39 is 0 Å². The fourth-order valence-corrected chi connectivity index (χ4v) is 1.64. The molecule has 0 saturated heterocycles. The summed E-state index contributed by atoms with van der Waals surface area (Å²) in [4.78, 5) is 15.3. The van der Waals surface area contributed by atoms with E-state index in [4.69, 9.17) is 10.5 Å². The van der Waals surface area contributed by atoms with Gasteiger partial charge >= 0.3 is 0 Å². The van der Waals surface area contributed by atoms with Crippen LogP contribution in [0.25, 0.3) is 0 Å². The number of nitrogens with zero attached hydrogens (tertiary/aromatic N) is 2. The third-order valence-corrected chi connectivity index (χ3v) is 2.72. The van der Waals surface area contributed by atoms with Crippen LogP contribution in [0.2, 0.25) is 0 Å². The lowest BCUT2D eigenvalue weighted by molar-refractivity contribution is 0.0827. The monoisotopic (exact) mass is 251 g/mol. The number of hydrogen-bond acceptors (Lipinski definition) is 4. The van der Waals surface area contributed by atoms with E-state index in [0.29, 0.717) is 17.9 Å². The normalized spacial score (nSPS) is 10.2. The first kappa shape index (κ1) is 14.3. The van der Waals surface area contributed by atoms with Crippen LogP contribution < -0.4 is 10.6 Å². The summed E-state index contributed by atoms with van der Waals surface area (Å²) in [6.07, 6.45) is 0. The quantitative estimate of drug-likeness (QED) is 0.795. The van der Waals surface area contributed by atoms with Crippen molar-refractivity contribution in [2.45, 2.75) is 0 Å². The topological polar surface area (TPSA) is 58.8 Å². The molecule has 0 aliphatic heterocycles. The molecule has 0 aliphatic carbocycles. The Kier molecular flexibility index (Phi) is 4.97. The van der Waals surface area contributed by atoms with Crippen molar-refractivity contribution in [3.05, 3.63) is 23.8 Å². The van der Waals surface area contributed by atoms with Gasteiger partial charge in [-0.25, -0.2) is 0 Å². The third kappa shape index (κ3) is 3.37. The number of carbonyl (C=O) groups is 1. The molecule has 5 heteroatoms. The van der Waals surface area contributed by atoms with Gasteiger partial charge in [0.25, 0.3) is 5.91 Å². The number of benzene rings is 1. The summed E-state index contributed by atoms with van der Waals surface area (Å²) in [7, 11) is 7.04. The molecule has 1 aromatic carbocycles. The molecule has 0 saturated carbocycles. The number of ether oxygens (including phenoxy) is 1. The Morgan fingerprint density at radius 3 is 2.50 bits per heavy atom. The molecule has 0 fully saturated rings. The second-order valence-electron chi connectivity index (χ2n) is 4.39. The lowest BCUT2D eigenvalue weighted by Crippen LogP contribution is -2.24. The fourth-order valence-electron chi connectivity index (χ4n) is 1.64. The zero-order valence-electron chi connectivity index (χ0n) is 11.4. The number of nitrogens with two attached hydrogens (primary N) is 1. The molecule has 0 unspecified atom stereocenters. The molecule has 0 bridgehead atoms. The molecule has 1 rings (SSSR count). The van der Waals surface area contributed by atoms with E-state index in [1.807, 2.05) is 18.0 Å². The highest BCUT2D eigenvalue weighted by atomic mass is 16.5. The predicted molar refractivity (Wildman–Crippen MR) is 74.0 cm³/mol. The smallest absolute Gasteiger partial charge is 0.253 e. The van der Waals surface area contributed by atoms with Gasteiger partial charge in [0.2, 0.25) is 0 Å². The minimum atomic E-state index is -0.0483. The van der Waals surface area contributed by atoms with Crippen molar-refractivity contribution in [3.63, 3.8) is 0 Å². The highest BCUT2D eigenvalue weighted by molar-refractivity contribution is 5.95. The van der Waals surface area contributed by atoms with E-state index >= 15 is 0 Å². The third-order valence-electron chi connectivity index (χ3n) is 2.72. The van der Waals surface area contributed by atoms with Crippen molar-refractivity contribution in [1.82, 2.24) is 4.90 Å². The zero-order valence-corrected chi connectivity index (χ0v) is 11.4. The molecule has 0 aromatic heterocycles. The van der Waals surface area contributed by atoms with Crippen LogP contribution in [0.4, 0.5) is 11.4 Å². The number of anilines is 2. The summed E-state index contributed by atoms with van der Waals surface area (Å²) in [5.41, 5.74) is 8.08. The Morgan fingerprint density at radius 2 is 2.00 bits per heavy atom. The molecule has 0 aliphatic rings. The van der Waals surface area contributed by atoms with E-state index in [9.17, 15) is 4.79 Å². The van der Waals surface area contributed by atoms with E-state index in [-0.39, 0.29) is 5.91 Å². The number of likely N-dealkylation sites (N-methyl/N-ethyl adjacent to an activating group) is 1. The molecule has 0 spiro atoms. The molecular formula is C13H21N3O2. The Bertz CT molecular complexity index is 419. The number of amides is 1. The summed E-state index contributed by atoms with van der Waals surface area (Å²) < 4.78 is 5.02. The number of hydrogen-bond donors (Lipinski definition) is 1. The molecule has 100 valence electrons. The van der Waals surface area contributed by atoms with Crippen LogP contribution in [-0.2, 0) is 4.74 Å². The van der Waals surface area contributed by atoms with Crippen molar-refractivity contribution in [2.75, 3.05) is 52.0 Å². The predicted octanol–water partition coefficient (Wildman–Crippen LogP) is 1.05. The van der Waals surface area contributed by atoms with Crippen molar-refractivity contribution in [2.24, 2.45) is 0 Å². The fraction of sp³-hybridized carbons (Fsp3) is 0.462. The Hall–Kier alpha value is -1.75. The summed E-state index contributed by atoms with van der Waals surface area (Å²) in [5, 5.41) is 0. The Balaban J connectivity index is 2.89. The van der Waals surface area contributed by atoms with Crippen LogP contribution >= 0.6 is 0 Å². The van der Waals surface area contributed by atoms with Gasteiger partial charge in [0.15, 0.2) is 0 Å². The van der Waals surface area contributed by atoms with Gasteiger partial charge in [0.05, 0.1) is 18.0 Å². The molecule has 5 nitrogen and oxygen atoms in total. The van der Waals surface area contributed by atoms with Gasteiger partial charge in [-0.3, -0.25) is 4.79 Å². The van der Waals surface area contributed by atoms with Crippen LogP contribution in [-0.4, -0.2) is 52.2 Å². The van der Waals surface area contributed by atoms with Crippen LogP contribution in [0.1, 0.15) is 10.4 Å². The molecule has 0 heterocycles. The van der Waals surface area contributed by atoms with Crippen LogP contribution in [0.15, 0.2) is 18.2 Å². The molecule has 0 atom stereocenters. The van der Waals surface area contributed by atoms with Gasteiger partial charge in [-0.1, -0.05) is 0 Å². The van der Waals surface area contributed by atoms with Gasteiger partial charge in [-0.15, -0.1) is 0 Å². The number of nitrogen functional groups attached to an aromatic ring is 1. The van der Waals surface area contributed by atoms with Gasteiger partial charge in [0.1, 0.15) is 0 Å². The lowest BCUT2D eigenvalue weighted by Gasteiger charge is -2.21. The molecule has 0 radical (unpaired) electrons. The summed E-state index contributed by atoms with van der Waals surface area (Å²) in [6, 6.07) is 5.36. The minimum Gasteiger partial charge on any atom is -0.397 e. The average Bonchev–Trinajstić information content (AvgIpc) is 2.34. The Morgan fingerprint density at radius 1 is 1.33 bits per heavy atom. The summed E-state index contributed by atoms with van der Waals surface area (Å²) in [6.45, 7) is 1.38. The van der Waals surface area contributed by atoms with Gasteiger partial charge in [-0.2, -0.15) is 0 Å². The minimum absolute atomic E-state index is 0.0483. The van der Waals surface area contributed by atoms with Crippen molar-refractivity contribution < 1.29 is 9.53 Å². The largest absolute Gasteiger partial charge is 0.397 e. The van der Waals surface area contributed by atoms with Crippen molar-refractivity contribution in [3.8, 4) is 0 Å². The maximum absolute atomic E-state index is 11.8. The molecule has 1 aromatic rings.